The molecule has 1 atom stereocenters. The molecule has 2 fully saturated rings. The Balaban J connectivity index is 1.42. The Morgan fingerprint density at radius 1 is 1.18 bits per heavy atom. The van der Waals surface area contributed by atoms with Crippen LogP contribution in [0.1, 0.15) is 73.9 Å². The Kier molecular flexibility index (Phi) is 5.00. The highest BCUT2D eigenvalue weighted by Crippen LogP contribution is 2.32. The smallest absolute Gasteiger partial charge is 0.255 e. The molecule has 0 radical (unpaired) electrons. The lowest BCUT2D eigenvalue weighted by molar-refractivity contribution is -0.136. The summed E-state index contributed by atoms with van der Waals surface area (Å²) in [5.74, 6) is 0.0829. The van der Waals surface area contributed by atoms with Gasteiger partial charge in [0, 0.05) is 30.6 Å². The van der Waals surface area contributed by atoms with Crippen molar-refractivity contribution in [2.45, 2.75) is 77.0 Å². The number of piperidine rings is 1. The van der Waals surface area contributed by atoms with E-state index in [9.17, 15) is 14.4 Å². The largest absolute Gasteiger partial charge is 0.322 e. The molecule has 1 saturated heterocycles. The van der Waals surface area contributed by atoms with Crippen LogP contribution in [0.25, 0.3) is 0 Å². The molecule has 0 bridgehead atoms. The molecular weight excluding hydrogens is 354 g/mol. The fourth-order valence-electron chi connectivity index (χ4n) is 4.63. The molecule has 6 heteroatoms. The van der Waals surface area contributed by atoms with E-state index < -0.39 is 6.04 Å². The molecule has 2 aliphatic heterocycles. The highest BCUT2D eigenvalue weighted by molar-refractivity contribution is 6.05. The molecule has 1 aliphatic carbocycles. The van der Waals surface area contributed by atoms with Crippen LogP contribution < -0.4 is 10.6 Å². The number of hydrogen-bond donors (Lipinski definition) is 2. The van der Waals surface area contributed by atoms with Gasteiger partial charge in [0.1, 0.15) is 6.04 Å². The average Bonchev–Trinajstić information content (AvgIpc) is 2.99. The van der Waals surface area contributed by atoms with Crippen LogP contribution in [0, 0.1) is 5.92 Å². The predicted octanol–water partition coefficient (Wildman–Crippen LogP) is 2.51. The maximum Gasteiger partial charge on any atom is 0.255 e. The zero-order valence-corrected chi connectivity index (χ0v) is 16.7. The van der Waals surface area contributed by atoms with Crippen LogP contribution in [0.3, 0.4) is 0 Å². The third-order valence-corrected chi connectivity index (χ3v) is 6.69. The first-order valence-corrected chi connectivity index (χ1v) is 10.4. The summed E-state index contributed by atoms with van der Waals surface area (Å²) < 4.78 is 0. The van der Waals surface area contributed by atoms with Gasteiger partial charge < -0.3 is 10.2 Å². The maximum atomic E-state index is 12.8. The number of carbonyl (C=O) groups is 3. The molecule has 2 N–H and O–H groups in total. The molecule has 1 aromatic carbocycles. The van der Waals surface area contributed by atoms with Crippen molar-refractivity contribution >= 4 is 17.7 Å². The summed E-state index contributed by atoms with van der Waals surface area (Å²) in [7, 11) is 0. The van der Waals surface area contributed by atoms with Crippen molar-refractivity contribution in [1.82, 2.24) is 15.5 Å². The summed E-state index contributed by atoms with van der Waals surface area (Å²) in [6, 6.07) is 5.42. The Morgan fingerprint density at radius 2 is 1.93 bits per heavy atom. The molecule has 0 aromatic heterocycles. The van der Waals surface area contributed by atoms with Crippen LogP contribution in [0.4, 0.5) is 0 Å². The van der Waals surface area contributed by atoms with Crippen molar-refractivity contribution in [3.8, 4) is 0 Å². The van der Waals surface area contributed by atoms with Crippen molar-refractivity contribution < 1.29 is 14.4 Å². The third-order valence-electron chi connectivity index (χ3n) is 6.69. The standard InChI is InChI=1S/C22H29N3O3/c1-14-7-9-22(2,10-8-14)23-12-15-3-4-17-16(11-15)13-25(21(17)28)18-5-6-19(26)24-20(18)27/h3-4,11,14,18,23H,5-10,12-13H2,1-2H3,(H,24,26,27). The van der Waals surface area contributed by atoms with Crippen molar-refractivity contribution in [3.63, 3.8) is 0 Å². The van der Waals surface area contributed by atoms with Gasteiger partial charge >= 0.3 is 0 Å². The van der Waals surface area contributed by atoms with Crippen LogP contribution in [0.5, 0.6) is 0 Å². The lowest BCUT2D eigenvalue weighted by Gasteiger charge is -2.37. The minimum atomic E-state index is -0.553. The first kappa shape index (κ1) is 19.1. The van der Waals surface area contributed by atoms with Crippen LogP contribution in [0.2, 0.25) is 0 Å². The molecule has 1 saturated carbocycles. The van der Waals surface area contributed by atoms with Gasteiger partial charge in [-0.2, -0.15) is 0 Å². The van der Waals surface area contributed by atoms with Crippen molar-refractivity contribution in [3.05, 3.63) is 34.9 Å². The van der Waals surface area contributed by atoms with Gasteiger partial charge in [-0.05, 0) is 62.1 Å². The molecule has 2 heterocycles. The van der Waals surface area contributed by atoms with E-state index in [0.29, 0.717) is 18.5 Å². The summed E-state index contributed by atoms with van der Waals surface area (Å²) in [6.07, 6.45) is 5.60. The molecular formula is C22H29N3O3. The first-order valence-electron chi connectivity index (χ1n) is 10.4. The second-order valence-corrected chi connectivity index (χ2v) is 8.99. The molecule has 1 aromatic rings. The number of nitrogens with zero attached hydrogens (tertiary/aromatic N) is 1. The van der Waals surface area contributed by atoms with E-state index >= 15 is 0 Å². The number of rotatable bonds is 4. The average molecular weight is 383 g/mol. The van der Waals surface area contributed by atoms with Crippen molar-refractivity contribution in [1.29, 1.82) is 0 Å². The summed E-state index contributed by atoms with van der Waals surface area (Å²) in [5, 5.41) is 6.07. The van der Waals surface area contributed by atoms with E-state index in [1.807, 2.05) is 12.1 Å². The monoisotopic (exact) mass is 383 g/mol. The second-order valence-electron chi connectivity index (χ2n) is 8.99. The van der Waals surface area contributed by atoms with Gasteiger partial charge in [-0.3, -0.25) is 19.7 Å². The lowest BCUT2D eigenvalue weighted by atomic mass is 9.78. The van der Waals surface area contributed by atoms with E-state index in [1.165, 1.54) is 25.7 Å². The minimum absolute atomic E-state index is 0.114. The van der Waals surface area contributed by atoms with Crippen LogP contribution in [0.15, 0.2) is 18.2 Å². The van der Waals surface area contributed by atoms with Gasteiger partial charge in [0.25, 0.3) is 5.91 Å². The zero-order chi connectivity index (χ0) is 19.9. The van der Waals surface area contributed by atoms with E-state index in [-0.39, 0.29) is 29.7 Å². The van der Waals surface area contributed by atoms with Crippen molar-refractivity contribution in [2.75, 3.05) is 0 Å². The first-order chi connectivity index (χ1) is 13.3. The number of nitrogens with one attached hydrogen (secondary N) is 2. The normalized spacial score (nSPS) is 30.4. The number of amides is 3. The Morgan fingerprint density at radius 3 is 2.64 bits per heavy atom. The van der Waals surface area contributed by atoms with Crippen LogP contribution in [-0.2, 0) is 22.7 Å². The molecule has 150 valence electrons. The fourth-order valence-corrected chi connectivity index (χ4v) is 4.63. The molecule has 28 heavy (non-hydrogen) atoms. The summed E-state index contributed by atoms with van der Waals surface area (Å²) in [5.41, 5.74) is 2.99. The quantitative estimate of drug-likeness (QED) is 0.783. The molecule has 6 nitrogen and oxygen atoms in total. The summed E-state index contributed by atoms with van der Waals surface area (Å²) >= 11 is 0. The molecule has 3 amide bonds. The molecule has 1 unspecified atom stereocenters. The molecule has 0 spiro atoms. The SMILES string of the molecule is CC1CCC(C)(NCc2ccc3c(c2)CN(C2CCC(=O)NC2=O)C3=O)CC1. The van der Waals surface area contributed by atoms with Gasteiger partial charge in [0.2, 0.25) is 11.8 Å². The fraction of sp³-hybridized carbons (Fsp3) is 0.591. The van der Waals surface area contributed by atoms with Crippen molar-refractivity contribution in [2.24, 2.45) is 5.92 Å². The Labute approximate surface area is 166 Å². The highest BCUT2D eigenvalue weighted by atomic mass is 16.2. The van der Waals surface area contributed by atoms with E-state index in [0.717, 1.165) is 23.6 Å². The Bertz CT molecular complexity index is 811. The van der Waals surface area contributed by atoms with E-state index in [1.54, 1.807) is 4.90 Å². The van der Waals surface area contributed by atoms with E-state index in [2.05, 4.69) is 30.5 Å². The number of hydrogen-bond acceptors (Lipinski definition) is 4. The number of carbonyl (C=O) groups excluding carboxylic acids is 3. The Hall–Kier alpha value is -2.21. The van der Waals surface area contributed by atoms with Gasteiger partial charge in [-0.1, -0.05) is 19.1 Å². The zero-order valence-electron chi connectivity index (χ0n) is 16.7. The topological polar surface area (TPSA) is 78.5 Å². The highest BCUT2D eigenvalue weighted by Gasteiger charge is 2.39. The number of imide groups is 1. The van der Waals surface area contributed by atoms with Gasteiger partial charge in [0.15, 0.2) is 0 Å². The third kappa shape index (κ3) is 3.70. The minimum Gasteiger partial charge on any atom is -0.322 e. The number of benzene rings is 1. The lowest BCUT2D eigenvalue weighted by Crippen LogP contribution is -2.52. The maximum absolute atomic E-state index is 12.8. The second kappa shape index (κ2) is 7.32. The van der Waals surface area contributed by atoms with Gasteiger partial charge in [-0.15, -0.1) is 0 Å². The van der Waals surface area contributed by atoms with E-state index in [4.69, 9.17) is 0 Å². The van der Waals surface area contributed by atoms with Gasteiger partial charge in [-0.25, -0.2) is 0 Å². The summed E-state index contributed by atoms with van der Waals surface area (Å²) in [6.45, 7) is 5.85. The van der Waals surface area contributed by atoms with Crippen LogP contribution >= 0.6 is 0 Å². The van der Waals surface area contributed by atoms with Crippen LogP contribution in [-0.4, -0.2) is 34.2 Å². The summed E-state index contributed by atoms with van der Waals surface area (Å²) in [4.78, 5) is 37.9. The predicted molar refractivity (Wildman–Crippen MR) is 105 cm³/mol. The molecule has 3 aliphatic rings. The van der Waals surface area contributed by atoms with Gasteiger partial charge in [0.05, 0.1) is 0 Å². The molecule has 4 rings (SSSR count). The number of fused-ring (bicyclic) bond motifs is 1.